The van der Waals surface area contributed by atoms with Crippen LogP contribution in [0.15, 0.2) is 34.1 Å². The average Bonchev–Trinajstić information content (AvgIpc) is 2.85. The van der Waals surface area contributed by atoms with Gasteiger partial charge in [-0.2, -0.15) is 0 Å². The summed E-state index contributed by atoms with van der Waals surface area (Å²) in [5.41, 5.74) is 0. The molecule has 1 N–H and O–H groups in total. The highest BCUT2D eigenvalue weighted by Crippen LogP contribution is 2.42. The first-order chi connectivity index (χ1) is 8.33. The van der Waals surface area contributed by atoms with Gasteiger partial charge in [-0.15, -0.1) is 11.3 Å². The van der Waals surface area contributed by atoms with E-state index in [0.29, 0.717) is 6.04 Å². The van der Waals surface area contributed by atoms with Gasteiger partial charge < -0.3 is 9.73 Å². The van der Waals surface area contributed by atoms with E-state index in [-0.39, 0.29) is 0 Å². The maximum absolute atomic E-state index is 5.59. The first-order valence-electron chi connectivity index (χ1n) is 6.15. The van der Waals surface area contributed by atoms with Crippen LogP contribution in [0.5, 0.6) is 0 Å². The fraction of sp³-hybridized carbons (Fsp3) is 0.429. The van der Waals surface area contributed by atoms with Gasteiger partial charge in [0.1, 0.15) is 11.5 Å². The van der Waals surface area contributed by atoms with Gasteiger partial charge in [0.15, 0.2) is 0 Å². The van der Waals surface area contributed by atoms with Crippen molar-refractivity contribution in [2.75, 3.05) is 0 Å². The molecular formula is C14H17NOS. The zero-order chi connectivity index (χ0) is 11.7. The normalized spacial score (nSPS) is 17.2. The minimum atomic E-state index is 0.514. The minimum Gasteiger partial charge on any atom is -0.465 e. The molecule has 3 rings (SSSR count). The van der Waals surface area contributed by atoms with Crippen molar-refractivity contribution in [3.05, 3.63) is 46.0 Å². The van der Waals surface area contributed by atoms with Crippen molar-refractivity contribution in [1.29, 1.82) is 0 Å². The number of aryl methyl sites for hydroxylation is 1. The van der Waals surface area contributed by atoms with Gasteiger partial charge in [-0.05, 0) is 49.3 Å². The molecule has 17 heavy (non-hydrogen) atoms. The maximum Gasteiger partial charge on any atom is 0.117 e. The molecule has 0 bridgehead atoms. The van der Waals surface area contributed by atoms with Crippen LogP contribution in [0, 0.1) is 12.8 Å². The summed E-state index contributed by atoms with van der Waals surface area (Å²) < 4.78 is 5.59. The summed E-state index contributed by atoms with van der Waals surface area (Å²) in [5, 5.41) is 5.79. The lowest BCUT2D eigenvalue weighted by Gasteiger charge is -2.15. The molecule has 90 valence electrons. The lowest BCUT2D eigenvalue weighted by Crippen LogP contribution is -2.21. The van der Waals surface area contributed by atoms with E-state index in [1.807, 2.05) is 24.3 Å². The van der Waals surface area contributed by atoms with E-state index in [1.54, 1.807) is 0 Å². The Hall–Kier alpha value is -1.06. The molecule has 0 aromatic carbocycles. The molecule has 1 aliphatic rings. The van der Waals surface area contributed by atoms with Gasteiger partial charge in [0.25, 0.3) is 0 Å². The summed E-state index contributed by atoms with van der Waals surface area (Å²) in [6.45, 7) is 2.81. The van der Waals surface area contributed by atoms with Crippen LogP contribution in [0.25, 0.3) is 0 Å². The van der Waals surface area contributed by atoms with Crippen molar-refractivity contribution in [3.63, 3.8) is 0 Å². The number of rotatable bonds is 5. The zero-order valence-corrected chi connectivity index (χ0v) is 10.8. The third kappa shape index (κ3) is 2.61. The van der Waals surface area contributed by atoms with Gasteiger partial charge in [-0.1, -0.05) is 6.07 Å². The average molecular weight is 247 g/mol. The summed E-state index contributed by atoms with van der Waals surface area (Å²) in [5.74, 6) is 2.84. The van der Waals surface area contributed by atoms with Crippen LogP contribution >= 0.6 is 11.3 Å². The van der Waals surface area contributed by atoms with E-state index >= 15 is 0 Å². The molecule has 1 atom stereocenters. The summed E-state index contributed by atoms with van der Waals surface area (Å²) in [7, 11) is 0. The Balaban J connectivity index is 1.65. The van der Waals surface area contributed by atoms with E-state index in [4.69, 9.17) is 4.42 Å². The Morgan fingerprint density at radius 1 is 1.41 bits per heavy atom. The van der Waals surface area contributed by atoms with Gasteiger partial charge in [0, 0.05) is 10.9 Å². The molecule has 0 aliphatic heterocycles. The number of hydrogen-bond donors (Lipinski definition) is 1. The van der Waals surface area contributed by atoms with Crippen LogP contribution in [0.2, 0.25) is 0 Å². The van der Waals surface area contributed by atoms with Crippen LogP contribution in [0.4, 0.5) is 0 Å². The molecule has 0 spiro atoms. The van der Waals surface area contributed by atoms with Gasteiger partial charge in [-0.25, -0.2) is 0 Å². The quantitative estimate of drug-likeness (QED) is 0.867. The maximum atomic E-state index is 5.59. The summed E-state index contributed by atoms with van der Waals surface area (Å²) in [4.78, 5) is 1.45. The third-order valence-corrected chi connectivity index (χ3v) is 4.19. The van der Waals surface area contributed by atoms with Gasteiger partial charge in [-0.3, -0.25) is 0 Å². The smallest absolute Gasteiger partial charge is 0.117 e. The molecule has 2 aromatic rings. The van der Waals surface area contributed by atoms with E-state index in [1.165, 1.54) is 17.7 Å². The molecule has 1 saturated carbocycles. The predicted octanol–water partition coefficient (Wildman–Crippen LogP) is 3.89. The molecular weight excluding hydrogens is 230 g/mol. The summed E-state index contributed by atoms with van der Waals surface area (Å²) in [6, 6.07) is 8.96. The predicted molar refractivity (Wildman–Crippen MR) is 70.1 cm³/mol. The Kier molecular flexibility index (Phi) is 3.04. The second-order valence-electron chi connectivity index (χ2n) is 4.72. The highest BCUT2D eigenvalue weighted by Gasteiger charge is 2.32. The monoisotopic (exact) mass is 247 g/mol. The van der Waals surface area contributed by atoms with Crippen molar-refractivity contribution >= 4 is 11.3 Å². The van der Waals surface area contributed by atoms with Gasteiger partial charge >= 0.3 is 0 Å². The summed E-state index contributed by atoms with van der Waals surface area (Å²) >= 11 is 1.85. The lowest BCUT2D eigenvalue weighted by molar-refractivity contribution is 0.419. The van der Waals surface area contributed by atoms with Crippen molar-refractivity contribution in [2.24, 2.45) is 5.92 Å². The second-order valence-corrected chi connectivity index (χ2v) is 5.70. The molecule has 0 saturated heterocycles. The van der Waals surface area contributed by atoms with E-state index < -0.39 is 0 Å². The number of thiophene rings is 1. The summed E-state index contributed by atoms with van der Waals surface area (Å²) in [6.07, 6.45) is 2.71. The van der Waals surface area contributed by atoms with E-state index in [2.05, 4.69) is 28.9 Å². The van der Waals surface area contributed by atoms with Crippen LogP contribution < -0.4 is 5.32 Å². The fourth-order valence-corrected chi connectivity index (χ4v) is 3.08. The molecule has 1 fully saturated rings. The molecule has 2 nitrogen and oxygen atoms in total. The van der Waals surface area contributed by atoms with Crippen molar-refractivity contribution < 1.29 is 4.42 Å². The molecule has 0 radical (unpaired) electrons. The highest BCUT2D eigenvalue weighted by molar-refractivity contribution is 7.10. The minimum absolute atomic E-state index is 0.514. The van der Waals surface area contributed by atoms with Crippen LogP contribution in [0.3, 0.4) is 0 Å². The molecule has 0 amide bonds. The molecule has 2 aromatic heterocycles. The zero-order valence-electron chi connectivity index (χ0n) is 9.98. The van der Waals surface area contributed by atoms with Crippen LogP contribution in [0.1, 0.15) is 35.3 Å². The molecule has 3 heteroatoms. The Bertz CT molecular complexity index is 470. The Morgan fingerprint density at radius 2 is 2.29 bits per heavy atom. The Morgan fingerprint density at radius 3 is 2.88 bits per heavy atom. The van der Waals surface area contributed by atoms with E-state index in [9.17, 15) is 0 Å². The molecule has 1 unspecified atom stereocenters. The van der Waals surface area contributed by atoms with Crippen molar-refractivity contribution in [1.82, 2.24) is 5.32 Å². The van der Waals surface area contributed by atoms with Crippen LogP contribution in [-0.4, -0.2) is 0 Å². The first-order valence-corrected chi connectivity index (χ1v) is 7.03. The topological polar surface area (TPSA) is 25.2 Å². The number of hydrogen-bond acceptors (Lipinski definition) is 3. The van der Waals surface area contributed by atoms with Gasteiger partial charge in [0.05, 0.1) is 6.54 Å². The largest absolute Gasteiger partial charge is 0.465 e. The number of furan rings is 1. The standard InChI is InChI=1S/C14H17NOS/c1-10-4-7-12(16-10)9-15-14(11-5-6-11)13-3-2-8-17-13/h2-4,7-8,11,14-15H,5-6,9H2,1H3. The molecule has 1 aliphatic carbocycles. The first kappa shape index (κ1) is 11.1. The second kappa shape index (κ2) is 4.67. The van der Waals surface area contributed by atoms with Crippen molar-refractivity contribution in [3.8, 4) is 0 Å². The van der Waals surface area contributed by atoms with Crippen LogP contribution in [-0.2, 0) is 6.54 Å². The fourth-order valence-electron chi connectivity index (χ4n) is 2.19. The molecule has 2 heterocycles. The third-order valence-electron chi connectivity index (χ3n) is 3.24. The SMILES string of the molecule is Cc1ccc(CNC(c2cccs2)C2CC2)o1. The van der Waals surface area contributed by atoms with Gasteiger partial charge in [0.2, 0.25) is 0 Å². The Labute approximate surface area is 106 Å². The number of nitrogens with one attached hydrogen (secondary N) is 1. The lowest BCUT2D eigenvalue weighted by atomic mass is 10.1. The van der Waals surface area contributed by atoms with Crippen molar-refractivity contribution in [2.45, 2.75) is 32.4 Å². The highest BCUT2D eigenvalue weighted by atomic mass is 32.1. The van der Waals surface area contributed by atoms with E-state index in [0.717, 1.165) is 24.0 Å².